The summed E-state index contributed by atoms with van der Waals surface area (Å²) in [4.78, 5) is 40.5. The zero-order valence-corrected chi connectivity index (χ0v) is 18.6. The van der Waals surface area contributed by atoms with E-state index in [-0.39, 0.29) is 24.6 Å². The highest BCUT2D eigenvalue weighted by atomic mass is 16.7. The Labute approximate surface area is 195 Å². The fourth-order valence-corrected chi connectivity index (χ4v) is 3.91. The third kappa shape index (κ3) is 4.62. The maximum atomic E-state index is 12.4. The second-order valence-electron chi connectivity index (χ2n) is 7.84. The van der Waals surface area contributed by atoms with Gasteiger partial charge in [0, 0.05) is 13.0 Å². The Morgan fingerprint density at radius 3 is 2.32 bits per heavy atom. The first kappa shape index (κ1) is 23.0. The van der Waals surface area contributed by atoms with Crippen LogP contribution in [-0.4, -0.2) is 45.6 Å². The van der Waals surface area contributed by atoms with Gasteiger partial charge in [-0.15, -0.1) is 0 Å². The van der Waals surface area contributed by atoms with E-state index in [0.717, 1.165) is 22.3 Å². The Balaban J connectivity index is 1.36. The van der Waals surface area contributed by atoms with Crippen molar-refractivity contribution in [2.75, 3.05) is 6.61 Å². The maximum Gasteiger partial charge on any atom is 0.407 e. The van der Waals surface area contributed by atoms with Crippen LogP contribution >= 0.6 is 0 Å². The molecule has 1 aromatic heterocycles. The average Bonchev–Trinajstić information content (AvgIpc) is 3.37. The molecule has 3 N–H and O–H groups in total. The predicted molar refractivity (Wildman–Crippen MR) is 121 cm³/mol. The van der Waals surface area contributed by atoms with Crippen LogP contribution in [0.5, 0.6) is 0 Å². The minimum atomic E-state index is -1.22. The van der Waals surface area contributed by atoms with Crippen LogP contribution in [0, 0.1) is 0 Å². The van der Waals surface area contributed by atoms with Crippen molar-refractivity contribution >= 4 is 18.0 Å². The van der Waals surface area contributed by atoms with Gasteiger partial charge in [-0.05, 0) is 29.2 Å². The molecule has 0 spiro atoms. The summed E-state index contributed by atoms with van der Waals surface area (Å²) in [6.07, 6.45) is -0.549. The van der Waals surface area contributed by atoms with E-state index in [1.165, 1.54) is 17.8 Å². The summed E-state index contributed by atoms with van der Waals surface area (Å²) in [5, 5.41) is 15.5. The number of carbonyl (C=O) groups excluding carboxylic acids is 2. The maximum absolute atomic E-state index is 12.4. The van der Waals surface area contributed by atoms with Gasteiger partial charge >= 0.3 is 12.1 Å². The molecule has 0 fully saturated rings. The van der Waals surface area contributed by atoms with Gasteiger partial charge in [-0.2, -0.15) is 5.10 Å². The normalized spacial score (nSPS) is 13.0. The number of ether oxygens (including phenoxy) is 1. The number of hydrogen-bond acceptors (Lipinski definition) is 6. The lowest BCUT2D eigenvalue weighted by Crippen LogP contribution is -2.33. The Hall–Kier alpha value is -4.18. The number of alkyl carbamates (subject to hydrolysis) is 1. The Morgan fingerprint density at radius 1 is 1.09 bits per heavy atom. The van der Waals surface area contributed by atoms with Crippen molar-refractivity contribution in [2.45, 2.75) is 25.5 Å². The number of hydroxylamine groups is 1. The Bertz CT molecular complexity index is 1190. The molecular formula is C24H24N4O6. The number of aliphatic carboxylic acids is 1. The monoisotopic (exact) mass is 464 g/mol. The highest BCUT2D eigenvalue weighted by Crippen LogP contribution is 2.44. The first-order chi connectivity index (χ1) is 16.4. The van der Waals surface area contributed by atoms with Crippen molar-refractivity contribution in [3.63, 3.8) is 0 Å². The fraction of sp³-hybridized carbons (Fsp3) is 0.250. The summed E-state index contributed by atoms with van der Waals surface area (Å²) in [5.41, 5.74) is 7.11. The molecule has 10 heteroatoms. The number of aryl methyl sites for hydroxylation is 1. The number of fused-ring (bicyclic) bond motifs is 3. The van der Waals surface area contributed by atoms with Gasteiger partial charge in [-0.1, -0.05) is 48.5 Å². The highest BCUT2D eigenvalue weighted by molar-refractivity contribution is 5.94. The van der Waals surface area contributed by atoms with Crippen LogP contribution in [0.2, 0.25) is 0 Å². The zero-order valence-electron chi connectivity index (χ0n) is 18.6. The lowest BCUT2D eigenvalue weighted by Gasteiger charge is -2.15. The number of aromatic nitrogens is 2. The molecule has 176 valence electrons. The van der Waals surface area contributed by atoms with Gasteiger partial charge in [0.1, 0.15) is 6.61 Å². The van der Waals surface area contributed by atoms with Crippen molar-refractivity contribution in [3.8, 4) is 11.1 Å². The van der Waals surface area contributed by atoms with Crippen molar-refractivity contribution in [1.29, 1.82) is 0 Å². The molecule has 2 aromatic carbocycles. The number of nitrogens with one attached hydrogen (secondary N) is 2. The van der Waals surface area contributed by atoms with Crippen LogP contribution in [0.4, 0.5) is 4.79 Å². The number of rotatable bonds is 8. The summed E-state index contributed by atoms with van der Waals surface area (Å²) in [6, 6.07) is 16.1. The minimum absolute atomic E-state index is 0.0234. The largest absolute Gasteiger partial charge is 0.479 e. The molecule has 1 unspecified atom stereocenters. The standard InChI is InChI=1S/C24H24N4O6/c1-14(23(30)31)34-27-22(29)19-11-26-28(2)21(19)12-25-24(32)33-13-20-17-9-5-3-7-15(17)16-8-4-6-10-18(16)20/h3-11,14,20H,12-13H2,1-2H3,(H,25,32)(H,27,29)(H,30,31). The molecular weight excluding hydrogens is 440 g/mol. The Morgan fingerprint density at radius 2 is 1.71 bits per heavy atom. The van der Waals surface area contributed by atoms with E-state index in [9.17, 15) is 14.4 Å². The van der Waals surface area contributed by atoms with E-state index >= 15 is 0 Å². The summed E-state index contributed by atoms with van der Waals surface area (Å²) in [7, 11) is 1.62. The molecule has 1 heterocycles. The van der Waals surface area contributed by atoms with Gasteiger partial charge in [-0.25, -0.2) is 15.1 Å². The number of amides is 2. The molecule has 0 radical (unpaired) electrons. The van der Waals surface area contributed by atoms with Crippen LogP contribution in [0.1, 0.15) is 40.0 Å². The number of carbonyl (C=O) groups is 3. The molecule has 2 amide bonds. The van der Waals surface area contributed by atoms with Gasteiger partial charge in [0.2, 0.25) is 0 Å². The second-order valence-corrected chi connectivity index (χ2v) is 7.84. The highest BCUT2D eigenvalue weighted by Gasteiger charge is 2.29. The first-order valence-electron chi connectivity index (χ1n) is 10.6. The lowest BCUT2D eigenvalue weighted by molar-refractivity contribution is -0.152. The quantitative estimate of drug-likeness (QED) is 0.437. The summed E-state index contributed by atoms with van der Waals surface area (Å²) in [6.45, 7) is 1.43. The van der Waals surface area contributed by atoms with Crippen LogP contribution in [0.15, 0.2) is 54.7 Å². The van der Waals surface area contributed by atoms with Gasteiger partial charge in [0.05, 0.1) is 24.0 Å². The number of carboxylic acid groups (broad SMARTS) is 1. The molecule has 0 bridgehead atoms. The summed E-state index contributed by atoms with van der Waals surface area (Å²) in [5.74, 6) is -1.96. The van der Waals surface area contributed by atoms with Crippen LogP contribution < -0.4 is 10.8 Å². The molecule has 4 rings (SSSR count). The summed E-state index contributed by atoms with van der Waals surface area (Å²) < 4.78 is 6.94. The predicted octanol–water partition coefficient (Wildman–Crippen LogP) is 2.59. The third-order valence-corrected chi connectivity index (χ3v) is 5.73. The van der Waals surface area contributed by atoms with Crippen molar-refractivity contribution in [2.24, 2.45) is 7.05 Å². The number of carboxylic acids is 1. The van der Waals surface area contributed by atoms with Gasteiger partial charge in [-0.3, -0.25) is 14.3 Å². The Kier molecular flexibility index (Phi) is 6.60. The van der Waals surface area contributed by atoms with Crippen LogP contribution in [0.25, 0.3) is 11.1 Å². The summed E-state index contributed by atoms with van der Waals surface area (Å²) >= 11 is 0. The molecule has 1 aliphatic rings. The minimum Gasteiger partial charge on any atom is -0.479 e. The van der Waals surface area contributed by atoms with Crippen LogP contribution in [0.3, 0.4) is 0 Å². The van der Waals surface area contributed by atoms with Gasteiger partial charge < -0.3 is 15.2 Å². The smallest absolute Gasteiger partial charge is 0.407 e. The van der Waals surface area contributed by atoms with Crippen molar-refractivity contribution in [3.05, 3.63) is 77.1 Å². The van der Waals surface area contributed by atoms with E-state index in [1.54, 1.807) is 7.05 Å². The van der Waals surface area contributed by atoms with Crippen molar-refractivity contribution in [1.82, 2.24) is 20.6 Å². The molecule has 10 nitrogen and oxygen atoms in total. The molecule has 0 saturated carbocycles. The first-order valence-corrected chi connectivity index (χ1v) is 10.6. The molecule has 3 aromatic rings. The zero-order chi connectivity index (χ0) is 24.2. The molecule has 34 heavy (non-hydrogen) atoms. The molecule has 0 aliphatic heterocycles. The number of hydrogen-bond donors (Lipinski definition) is 3. The molecule has 1 atom stereocenters. The van der Waals surface area contributed by atoms with E-state index in [0.29, 0.717) is 5.69 Å². The third-order valence-electron chi connectivity index (χ3n) is 5.73. The van der Waals surface area contributed by atoms with Gasteiger partial charge in [0.25, 0.3) is 5.91 Å². The topological polar surface area (TPSA) is 132 Å². The second kappa shape index (κ2) is 9.75. The number of nitrogens with zero attached hydrogens (tertiary/aromatic N) is 2. The SMILES string of the molecule is CC(ONC(=O)c1cnn(C)c1CNC(=O)OCC1c2ccccc2-c2ccccc21)C(=O)O. The van der Waals surface area contributed by atoms with E-state index < -0.39 is 24.1 Å². The lowest BCUT2D eigenvalue weighted by atomic mass is 9.98. The van der Waals surface area contributed by atoms with E-state index in [2.05, 4.69) is 28.0 Å². The molecule has 1 aliphatic carbocycles. The molecule has 0 saturated heterocycles. The van der Waals surface area contributed by atoms with E-state index in [1.807, 2.05) is 36.4 Å². The average molecular weight is 464 g/mol. The van der Waals surface area contributed by atoms with E-state index in [4.69, 9.17) is 14.7 Å². The fourth-order valence-electron chi connectivity index (χ4n) is 3.91. The van der Waals surface area contributed by atoms with Crippen LogP contribution in [-0.2, 0) is 28.0 Å². The van der Waals surface area contributed by atoms with Crippen molar-refractivity contribution < 1.29 is 29.1 Å². The number of benzene rings is 2. The van der Waals surface area contributed by atoms with Gasteiger partial charge in [0.15, 0.2) is 6.10 Å².